The number of benzene rings is 1. The summed E-state index contributed by atoms with van der Waals surface area (Å²) >= 11 is 5.56. The van der Waals surface area contributed by atoms with E-state index in [4.69, 9.17) is 16.3 Å². The van der Waals surface area contributed by atoms with E-state index in [1.807, 2.05) is 42.5 Å². The van der Waals surface area contributed by atoms with Gasteiger partial charge in [0.05, 0.1) is 18.6 Å². The minimum atomic E-state index is -0.555. The lowest BCUT2D eigenvalue weighted by atomic mass is 10.2. The van der Waals surface area contributed by atoms with Gasteiger partial charge in [0.1, 0.15) is 5.75 Å². The van der Waals surface area contributed by atoms with Gasteiger partial charge in [0, 0.05) is 36.6 Å². The maximum atomic E-state index is 9.42. The summed E-state index contributed by atoms with van der Waals surface area (Å²) < 4.78 is 5.72. The average molecular weight is 307 g/mol. The summed E-state index contributed by atoms with van der Waals surface area (Å²) in [5.74, 6) is 1.00. The van der Waals surface area contributed by atoms with Crippen LogP contribution in [-0.4, -0.2) is 35.2 Å². The van der Waals surface area contributed by atoms with Crippen LogP contribution in [0.25, 0.3) is 0 Å². The molecule has 1 unspecified atom stereocenters. The number of hydrogen-bond acceptors (Lipinski definition) is 4. The van der Waals surface area contributed by atoms with Crippen LogP contribution in [0.1, 0.15) is 5.69 Å². The van der Waals surface area contributed by atoms with Gasteiger partial charge in [0.25, 0.3) is 0 Å². The zero-order chi connectivity index (χ0) is 14.9. The number of aliphatic hydroxyl groups is 1. The van der Waals surface area contributed by atoms with Crippen molar-refractivity contribution in [3.05, 3.63) is 54.4 Å². The maximum Gasteiger partial charge on any atom is 0.121 e. The first-order valence-electron chi connectivity index (χ1n) is 6.88. The molecule has 2 rings (SSSR count). The van der Waals surface area contributed by atoms with Crippen LogP contribution in [0.5, 0.6) is 5.75 Å². The average Bonchev–Trinajstić information content (AvgIpc) is 2.54. The Kier molecular flexibility index (Phi) is 6.31. The van der Waals surface area contributed by atoms with E-state index in [2.05, 4.69) is 10.3 Å². The molecule has 112 valence electrons. The number of rotatable bonds is 8. The predicted molar refractivity (Wildman–Crippen MR) is 85.1 cm³/mol. The molecule has 0 radical (unpaired) electrons. The van der Waals surface area contributed by atoms with Crippen molar-refractivity contribution in [1.82, 2.24) is 4.98 Å². The van der Waals surface area contributed by atoms with E-state index in [9.17, 15) is 5.11 Å². The highest BCUT2D eigenvalue weighted by Crippen LogP contribution is 2.17. The lowest BCUT2D eigenvalue weighted by Gasteiger charge is -2.11. The quantitative estimate of drug-likeness (QED) is 0.736. The minimum Gasteiger partial charge on any atom is -0.493 e. The highest BCUT2D eigenvalue weighted by molar-refractivity contribution is 6.18. The van der Waals surface area contributed by atoms with E-state index in [0.717, 1.165) is 23.6 Å². The molecule has 0 amide bonds. The molecule has 21 heavy (non-hydrogen) atoms. The van der Waals surface area contributed by atoms with Crippen LogP contribution in [0.15, 0.2) is 48.7 Å². The van der Waals surface area contributed by atoms with E-state index < -0.39 is 6.10 Å². The first-order chi connectivity index (χ1) is 10.3. The number of aliphatic hydroxyl groups excluding tert-OH is 1. The zero-order valence-electron chi connectivity index (χ0n) is 11.7. The maximum absolute atomic E-state index is 9.42. The van der Waals surface area contributed by atoms with Gasteiger partial charge in [-0.1, -0.05) is 12.1 Å². The van der Waals surface area contributed by atoms with Gasteiger partial charge in [-0.15, -0.1) is 11.6 Å². The Morgan fingerprint density at radius 2 is 2.14 bits per heavy atom. The molecule has 0 fully saturated rings. The largest absolute Gasteiger partial charge is 0.493 e. The fourth-order valence-corrected chi connectivity index (χ4v) is 1.91. The van der Waals surface area contributed by atoms with E-state index >= 15 is 0 Å². The Hall–Kier alpha value is -1.78. The number of halogens is 1. The summed E-state index contributed by atoms with van der Waals surface area (Å²) in [6, 6.07) is 13.5. The number of aromatic nitrogens is 1. The van der Waals surface area contributed by atoms with Crippen molar-refractivity contribution in [2.75, 3.05) is 24.3 Å². The topological polar surface area (TPSA) is 54.4 Å². The summed E-state index contributed by atoms with van der Waals surface area (Å²) in [7, 11) is 0. The molecular formula is C16H19ClN2O2. The molecule has 1 heterocycles. The van der Waals surface area contributed by atoms with Crippen molar-refractivity contribution in [2.45, 2.75) is 12.5 Å². The van der Waals surface area contributed by atoms with Crippen LogP contribution in [0.4, 0.5) is 5.69 Å². The normalized spacial score (nSPS) is 11.9. The molecule has 1 aromatic carbocycles. The molecule has 2 N–H and O–H groups in total. The molecule has 0 saturated carbocycles. The van der Waals surface area contributed by atoms with Crippen molar-refractivity contribution in [3.8, 4) is 5.75 Å². The number of hydrogen-bond donors (Lipinski definition) is 2. The van der Waals surface area contributed by atoms with Gasteiger partial charge in [-0.2, -0.15) is 0 Å². The molecule has 2 aromatic rings. The minimum absolute atomic E-state index is 0.216. The summed E-state index contributed by atoms with van der Waals surface area (Å²) in [6.45, 7) is 0.992. The summed E-state index contributed by atoms with van der Waals surface area (Å²) in [6.07, 6.45) is 1.99. The number of anilines is 1. The fraction of sp³-hybridized carbons (Fsp3) is 0.312. The zero-order valence-corrected chi connectivity index (χ0v) is 12.5. The third-order valence-electron chi connectivity index (χ3n) is 2.91. The second-order valence-electron chi connectivity index (χ2n) is 4.64. The summed E-state index contributed by atoms with van der Waals surface area (Å²) in [4.78, 5) is 4.25. The smallest absolute Gasteiger partial charge is 0.121 e. The van der Waals surface area contributed by atoms with Gasteiger partial charge in [-0.05, 0) is 24.3 Å². The van der Waals surface area contributed by atoms with Crippen LogP contribution in [-0.2, 0) is 6.42 Å². The van der Waals surface area contributed by atoms with Crippen molar-refractivity contribution < 1.29 is 9.84 Å². The summed E-state index contributed by atoms with van der Waals surface area (Å²) in [5, 5.41) is 12.5. The van der Waals surface area contributed by atoms with Crippen LogP contribution >= 0.6 is 11.6 Å². The molecule has 0 aliphatic rings. The van der Waals surface area contributed by atoms with E-state index in [1.54, 1.807) is 6.20 Å². The molecule has 1 aromatic heterocycles. The van der Waals surface area contributed by atoms with Crippen LogP contribution in [0.2, 0.25) is 0 Å². The molecule has 0 aliphatic heterocycles. The second-order valence-corrected chi connectivity index (χ2v) is 4.95. The van der Waals surface area contributed by atoms with Gasteiger partial charge in [0.15, 0.2) is 0 Å². The monoisotopic (exact) mass is 306 g/mol. The van der Waals surface area contributed by atoms with Gasteiger partial charge in [-0.25, -0.2) is 0 Å². The molecule has 0 aliphatic carbocycles. The van der Waals surface area contributed by atoms with Crippen molar-refractivity contribution in [3.63, 3.8) is 0 Å². The number of nitrogens with zero attached hydrogens (tertiary/aromatic N) is 1. The molecule has 0 saturated heterocycles. The Morgan fingerprint density at radius 1 is 1.24 bits per heavy atom. The molecule has 5 heteroatoms. The lowest BCUT2D eigenvalue weighted by Crippen LogP contribution is -2.20. The number of pyridine rings is 1. The van der Waals surface area contributed by atoms with Gasteiger partial charge < -0.3 is 15.2 Å². The van der Waals surface area contributed by atoms with Crippen molar-refractivity contribution in [2.24, 2.45) is 0 Å². The highest BCUT2D eigenvalue weighted by Gasteiger charge is 2.02. The first kappa shape index (κ1) is 15.6. The Bertz CT molecular complexity index is 537. The van der Waals surface area contributed by atoms with Crippen molar-refractivity contribution in [1.29, 1.82) is 0 Å². The lowest BCUT2D eigenvalue weighted by molar-refractivity contribution is 0.211. The third-order valence-corrected chi connectivity index (χ3v) is 3.26. The van der Waals surface area contributed by atoms with Crippen LogP contribution in [0.3, 0.4) is 0 Å². The summed E-state index contributed by atoms with van der Waals surface area (Å²) in [5.41, 5.74) is 1.91. The van der Waals surface area contributed by atoms with E-state index in [-0.39, 0.29) is 5.88 Å². The van der Waals surface area contributed by atoms with Gasteiger partial charge in [0.2, 0.25) is 0 Å². The number of alkyl halides is 1. The Labute approximate surface area is 129 Å². The molecule has 4 nitrogen and oxygen atoms in total. The van der Waals surface area contributed by atoms with Crippen molar-refractivity contribution >= 4 is 17.3 Å². The molecule has 0 bridgehead atoms. The third kappa shape index (κ3) is 5.61. The SMILES string of the molecule is OC(CCl)CNc1cccc(OCCc2ccccn2)c1. The molecule has 1 atom stereocenters. The van der Waals surface area contributed by atoms with Gasteiger partial charge in [-0.3, -0.25) is 4.98 Å². The van der Waals surface area contributed by atoms with Crippen LogP contribution in [0, 0.1) is 0 Å². The predicted octanol–water partition coefficient (Wildman–Crippen LogP) is 2.71. The highest BCUT2D eigenvalue weighted by atomic mass is 35.5. The fourth-order valence-electron chi connectivity index (χ4n) is 1.81. The second kappa shape index (κ2) is 8.49. The Morgan fingerprint density at radius 3 is 2.90 bits per heavy atom. The standard InChI is InChI=1S/C16H19ClN2O2/c17-11-15(20)12-19-14-5-3-6-16(10-14)21-9-7-13-4-1-2-8-18-13/h1-6,8,10,15,19-20H,7,9,11-12H2. The molecular weight excluding hydrogens is 288 g/mol. The first-order valence-corrected chi connectivity index (χ1v) is 7.42. The number of nitrogens with one attached hydrogen (secondary N) is 1. The van der Waals surface area contributed by atoms with E-state index in [1.165, 1.54) is 0 Å². The Balaban J connectivity index is 1.80. The van der Waals surface area contributed by atoms with Gasteiger partial charge >= 0.3 is 0 Å². The van der Waals surface area contributed by atoms with E-state index in [0.29, 0.717) is 13.2 Å². The van der Waals surface area contributed by atoms with Crippen LogP contribution < -0.4 is 10.1 Å². The number of ether oxygens (including phenoxy) is 1. The molecule has 0 spiro atoms.